The molecule has 6 nitrogen and oxygen atoms in total. The lowest BCUT2D eigenvalue weighted by Crippen LogP contribution is -2.62. The number of amides is 2. The summed E-state index contributed by atoms with van der Waals surface area (Å²) >= 11 is 0. The highest BCUT2D eigenvalue weighted by molar-refractivity contribution is 5.89. The fourth-order valence-corrected chi connectivity index (χ4v) is 4.36. The SMILES string of the molecule is CN1CCN(C(=O)Cc2c[nH]c3ccccc23)C[C@]12CCNC(=O)CC2. The normalized spacial score (nSPS) is 24.7. The topological polar surface area (TPSA) is 68.4 Å². The lowest BCUT2D eigenvalue weighted by atomic mass is 9.86. The minimum Gasteiger partial charge on any atom is -0.361 e. The van der Waals surface area contributed by atoms with Crippen LogP contribution in [0.25, 0.3) is 10.9 Å². The number of hydrogen-bond donors (Lipinski definition) is 2. The first-order chi connectivity index (χ1) is 12.6. The molecule has 2 aliphatic rings. The number of H-pyrrole nitrogens is 1. The van der Waals surface area contributed by atoms with Crippen LogP contribution < -0.4 is 5.32 Å². The van der Waals surface area contributed by atoms with E-state index in [9.17, 15) is 9.59 Å². The number of aromatic nitrogens is 1. The lowest BCUT2D eigenvalue weighted by molar-refractivity contribution is -0.136. The minimum atomic E-state index is -0.0900. The third kappa shape index (κ3) is 3.09. The standard InChI is InChI=1S/C20H26N4O2/c1-23-10-11-24(14-20(23)7-6-18(25)21-9-8-20)19(26)12-15-13-22-17-5-3-2-4-16(15)17/h2-5,13,22H,6-12,14H2,1H3,(H,21,25)/t20-/m0/s1. The zero-order valence-corrected chi connectivity index (χ0v) is 15.3. The second-order valence-corrected chi connectivity index (χ2v) is 7.60. The Bertz CT molecular complexity index is 830. The first-order valence-corrected chi connectivity index (χ1v) is 9.38. The largest absolute Gasteiger partial charge is 0.361 e. The van der Waals surface area contributed by atoms with Crippen LogP contribution in [0, 0.1) is 0 Å². The number of fused-ring (bicyclic) bond motifs is 1. The molecule has 1 aromatic heterocycles. The van der Waals surface area contributed by atoms with E-state index in [2.05, 4.69) is 28.3 Å². The Labute approximate surface area is 153 Å². The first kappa shape index (κ1) is 17.1. The zero-order chi connectivity index (χ0) is 18.1. The van der Waals surface area contributed by atoms with Crippen molar-refractivity contribution in [3.8, 4) is 0 Å². The number of carbonyl (C=O) groups excluding carboxylic acids is 2. The molecule has 2 aliphatic heterocycles. The van der Waals surface area contributed by atoms with Crippen LogP contribution in [-0.2, 0) is 16.0 Å². The van der Waals surface area contributed by atoms with E-state index < -0.39 is 0 Å². The van der Waals surface area contributed by atoms with Gasteiger partial charge in [-0.15, -0.1) is 0 Å². The Morgan fingerprint density at radius 2 is 2.08 bits per heavy atom. The van der Waals surface area contributed by atoms with Gasteiger partial charge in [0.2, 0.25) is 11.8 Å². The van der Waals surface area contributed by atoms with Crippen LogP contribution in [0.1, 0.15) is 24.8 Å². The van der Waals surface area contributed by atoms with Gasteiger partial charge in [0.05, 0.1) is 6.42 Å². The number of nitrogens with zero attached hydrogens (tertiary/aromatic N) is 2. The fraction of sp³-hybridized carbons (Fsp3) is 0.500. The Morgan fingerprint density at radius 1 is 1.23 bits per heavy atom. The van der Waals surface area contributed by atoms with Crippen LogP contribution in [0.5, 0.6) is 0 Å². The number of nitrogens with one attached hydrogen (secondary N) is 2. The van der Waals surface area contributed by atoms with Gasteiger partial charge in [-0.3, -0.25) is 14.5 Å². The number of para-hydroxylation sites is 1. The predicted octanol–water partition coefficient (Wildman–Crippen LogP) is 1.52. The van der Waals surface area contributed by atoms with Gasteiger partial charge in [0.15, 0.2) is 0 Å². The van der Waals surface area contributed by atoms with Crippen molar-refractivity contribution in [3.63, 3.8) is 0 Å². The van der Waals surface area contributed by atoms with Crippen molar-refractivity contribution in [1.29, 1.82) is 0 Å². The van der Waals surface area contributed by atoms with Gasteiger partial charge in [0.25, 0.3) is 0 Å². The number of carbonyl (C=O) groups is 2. The van der Waals surface area contributed by atoms with E-state index in [0.717, 1.165) is 42.4 Å². The van der Waals surface area contributed by atoms with E-state index in [1.165, 1.54) is 0 Å². The molecule has 0 radical (unpaired) electrons. The van der Waals surface area contributed by atoms with E-state index in [-0.39, 0.29) is 17.4 Å². The van der Waals surface area contributed by atoms with Gasteiger partial charge in [-0.25, -0.2) is 0 Å². The molecule has 0 unspecified atom stereocenters. The maximum absolute atomic E-state index is 13.0. The predicted molar refractivity (Wildman–Crippen MR) is 101 cm³/mol. The average molecular weight is 354 g/mol. The highest BCUT2D eigenvalue weighted by Crippen LogP contribution is 2.31. The van der Waals surface area contributed by atoms with Gasteiger partial charge in [-0.2, -0.15) is 0 Å². The molecule has 138 valence electrons. The summed E-state index contributed by atoms with van der Waals surface area (Å²) in [6, 6.07) is 8.09. The summed E-state index contributed by atoms with van der Waals surface area (Å²) in [5.41, 5.74) is 2.03. The third-order valence-corrected chi connectivity index (χ3v) is 6.10. The number of aromatic amines is 1. The summed E-state index contributed by atoms with van der Waals surface area (Å²) in [6.07, 6.45) is 4.61. The second-order valence-electron chi connectivity index (χ2n) is 7.60. The molecule has 2 N–H and O–H groups in total. The summed E-state index contributed by atoms with van der Waals surface area (Å²) in [5.74, 6) is 0.295. The van der Waals surface area contributed by atoms with Gasteiger partial charge < -0.3 is 15.2 Å². The zero-order valence-electron chi connectivity index (χ0n) is 15.3. The summed E-state index contributed by atoms with van der Waals surface area (Å²) < 4.78 is 0. The molecule has 3 heterocycles. The van der Waals surface area contributed by atoms with Gasteiger partial charge in [0.1, 0.15) is 0 Å². The Kier molecular flexibility index (Phi) is 4.44. The molecule has 26 heavy (non-hydrogen) atoms. The third-order valence-electron chi connectivity index (χ3n) is 6.10. The molecule has 2 aromatic rings. The van der Waals surface area contributed by atoms with E-state index in [0.29, 0.717) is 25.9 Å². The quantitative estimate of drug-likeness (QED) is 0.859. The second kappa shape index (κ2) is 6.76. The van der Waals surface area contributed by atoms with Crippen LogP contribution >= 0.6 is 0 Å². The van der Waals surface area contributed by atoms with Gasteiger partial charge in [0, 0.05) is 55.2 Å². The van der Waals surface area contributed by atoms with E-state index >= 15 is 0 Å². The molecule has 1 atom stereocenters. The maximum atomic E-state index is 13.0. The highest BCUT2D eigenvalue weighted by atomic mass is 16.2. The molecule has 0 saturated carbocycles. The molecule has 2 fully saturated rings. The summed E-state index contributed by atoms with van der Waals surface area (Å²) in [6.45, 7) is 3.00. The minimum absolute atomic E-state index is 0.0900. The van der Waals surface area contributed by atoms with Gasteiger partial charge in [-0.05, 0) is 31.5 Å². The average Bonchev–Trinajstić information content (AvgIpc) is 2.95. The molecule has 1 aromatic carbocycles. The van der Waals surface area contributed by atoms with Crippen LogP contribution in [0.15, 0.2) is 30.5 Å². The molecule has 4 rings (SSSR count). The summed E-state index contributed by atoms with van der Waals surface area (Å²) in [5, 5.41) is 4.08. The number of likely N-dealkylation sites (N-methyl/N-ethyl adjacent to an activating group) is 1. The molecule has 2 amide bonds. The number of benzene rings is 1. The molecular formula is C20H26N4O2. The van der Waals surface area contributed by atoms with E-state index in [4.69, 9.17) is 0 Å². The van der Waals surface area contributed by atoms with E-state index in [1.807, 2.05) is 29.3 Å². The maximum Gasteiger partial charge on any atom is 0.227 e. The van der Waals surface area contributed by atoms with Crippen LogP contribution in [-0.4, -0.2) is 65.4 Å². The van der Waals surface area contributed by atoms with Crippen molar-refractivity contribution >= 4 is 22.7 Å². The lowest BCUT2D eigenvalue weighted by Gasteiger charge is -2.49. The Balaban J connectivity index is 1.50. The Hall–Kier alpha value is -2.34. The molecular weight excluding hydrogens is 328 g/mol. The number of hydrogen-bond acceptors (Lipinski definition) is 3. The number of rotatable bonds is 2. The van der Waals surface area contributed by atoms with Crippen LogP contribution in [0.2, 0.25) is 0 Å². The van der Waals surface area contributed by atoms with Gasteiger partial charge >= 0.3 is 0 Å². The van der Waals surface area contributed by atoms with Crippen molar-refractivity contribution in [1.82, 2.24) is 20.1 Å². The van der Waals surface area contributed by atoms with Crippen molar-refractivity contribution in [3.05, 3.63) is 36.0 Å². The number of piperazine rings is 1. The smallest absolute Gasteiger partial charge is 0.227 e. The highest BCUT2D eigenvalue weighted by Gasteiger charge is 2.42. The fourth-order valence-electron chi connectivity index (χ4n) is 4.36. The molecule has 0 bridgehead atoms. The summed E-state index contributed by atoms with van der Waals surface area (Å²) in [7, 11) is 2.12. The van der Waals surface area contributed by atoms with Crippen molar-refractivity contribution in [2.45, 2.75) is 31.2 Å². The van der Waals surface area contributed by atoms with Gasteiger partial charge in [-0.1, -0.05) is 18.2 Å². The molecule has 6 heteroatoms. The Morgan fingerprint density at radius 3 is 2.96 bits per heavy atom. The van der Waals surface area contributed by atoms with Crippen molar-refractivity contribution in [2.24, 2.45) is 0 Å². The van der Waals surface area contributed by atoms with Crippen molar-refractivity contribution < 1.29 is 9.59 Å². The molecule has 2 saturated heterocycles. The first-order valence-electron chi connectivity index (χ1n) is 9.38. The van der Waals surface area contributed by atoms with Crippen LogP contribution in [0.4, 0.5) is 0 Å². The van der Waals surface area contributed by atoms with Crippen molar-refractivity contribution in [2.75, 3.05) is 33.2 Å². The monoisotopic (exact) mass is 354 g/mol. The van der Waals surface area contributed by atoms with E-state index in [1.54, 1.807) is 0 Å². The van der Waals surface area contributed by atoms with Crippen LogP contribution in [0.3, 0.4) is 0 Å². The molecule has 0 aliphatic carbocycles. The summed E-state index contributed by atoms with van der Waals surface area (Å²) in [4.78, 5) is 32.4. The molecule has 1 spiro atoms.